The summed E-state index contributed by atoms with van der Waals surface area (Å²) in [6, 6.07) is 0. The van der Waals surface area contributed by atoms with Crippen LogP contribution < -0.4 is 0 Å². The quantitative estimate of drug-likeness (QED) is 0.803. The van der Waals surface area contributed by atoms with Crippen molar-refractivity contribution in [1.82, 2.24) is 19.8 Å². The van der Waals surface area contributed by atoms with Crippen LogP contribution in [0.5, 0.6) is 0 Å². The topological polar surface area (TPSA) is 104 Å². The molecule has 0 unspecified atom stereocenters. The Morgan fingerprint density at radius 1 is 1.29 bits per heavy atom. The summed E-state index contributed by atoms with van der Waals surface area (Å²) in [6.07, 6.45) is 3.19. The molecule has 1 fully saturated rings. The lowest BCUT2D eigenvalue weighted by atomic mass is 10.2. The third kappa shape index (κ3) is 3.33. The highest BCUT2D eigenvalue weighted by atomic mass is 16.4. The van der Waals surface area contributed by atoms with E-state index in [1.807, 2.05) is 6.92 Å². The first-order valence-electron chi connectivity index (χ1n) is 6.60. The number of carbonyl (C=O) groups is 3. The van der Waals surface area contributed by atoms with Crippen molar-refractivity contribution >= 4 is 17.8 Å². The average molecular weight is 292 g/mol. The molecule has 8 nitrogen and oxygen atoms in total. The van der Waals surface area contributed by atoms with Crippen LogP contribution >= 0.6 is 0 Å². The van der Waals surface area contributed by atoms with Gasteiger partial charge in [-0.1, -0.05) is 6.92 Å². The van der Waals surface area contributed by atoms with Crippen LogP contribution in [0.15, 0.2) is 12.5 Å². The molecular weight excluding hydrogens is 276 g/mol. The Balaban J connectivity index is 2.12. The number of rotatable bonds is 5. The fourth-order valence-corrected chi connectivity index (χ4v) is 2.16. The molecule has 1 N–H and O–H groups in total. The standard InChI is InChI=1S/C13H16N4O4/c1-2-3-16-6-12(19)17(7-11(16)18)5-10-9(13(20)21)4-14-8-15-10/h4,8H,2-3,5-7H2,1H3,(H,20,21). The summed E-state index contributed by atoms with van der Waals surface area (Å²) in [7, 11) is 0. The van der Waals surface area contributed by atoms with E-state index in [1.54, 1.807) is 0 Å². The normalized spacial score (nSPS) is 15.5. The first kappa shape index (κ1) is 14.9. The molecule has 1 aromatic heterocycles. The minimum atomic E-state index is -1.16. The third-order valence-corrected chi connectivity index (χ3v) is 3.22. The lowest BCUT2D eigenvalue weighted by Gasteiger charge is -2.33. The lowest BCUT2D eigenvalue weighted by molar-refractivity contribution is -0.150. The van der Waals surface area contributed by atoms with E-state index >= 15 is 0 Å². The number of aromatic carboxylic acids is 1. The molecular formula is C13H16N4O4. The maximum absolute atomic E-state index is 12.1. The van der Waals surface area contributed by atoms with Crippen molar-refractivity contribution in [3.63, 3.8) is 0 Å². The van der Waals surface area contributed by atoms with Crippen molar-refractivity contribution in [2.75, 3.05) is 19.6 Å². The molecule has 0 atom stereocenters. The second-order valence-corrected chi connectivity index (χ2v) is 4.75. The first-order valence-corrected chi connectivity index (χ1v) is 6.60. The highest BCUT2D eigenvalue weighted by Gasteiger charge is 2.30. The summed E-state index contributed by atoms with van der Waals surface area (Å²) in [5.74, 6) is -1.51. The molecule has 0 bridgehead atoms. The largest absolute Gasteiger partial charge is 0.478 e. The van der Waals surface area contributed by atoms with Crippen molar-refractivity contribution < 1.29 is 19.5 Å². The number of amides is 2. The Kier molecular flexibility index (Phi) is 4.46. The molecule has 1 saturated heterocycles. The van der Waals surface area contributed by atoms with Crippen molar-refractivity contribution in [3.05, 3.63) is 23.8 Å². The van der Waals surface area contributed by atoms with Gasteiger partial charge in [0.2, 0.25) is 11.8 Å². The number of aromatic nitrogens is 2. The summed E-state index contributed by atoms with van der Waals surface area (Å²) in [5.41, 5.74) is 0.163. The van der Waals surface area contributed by atoms with Gasteiger partial charge in [-0.05, 0) is 6.42 Å². The fourth-order valence-electron chi connectivity index (χ4n) is 2.16. The number of piperazine rings is 1. The number of hydrogen-bond donors (Lipinski definition) is 1. The van der Waals surface area contributed by atoms with Gasteiger partial charge in [-0.15, -0.1) is 0 Å². The van der Waals surface area contributed by atoms with Gasteiger partial charge in [-0.25, -0.2) is 14.8 Å². The summed E-state index contributed by atoms with van der Waals surface area (Å²) in [5, 5.41) is 9.07. The number of carboxylic acid groups (broad SMARTS) is 1. The molecule has 8 heteroatoms. The SMILES string of the molecule is CCCN1CC(=O)N(Cc2ncncc2C(=O)O)CC1=O. The Morgan fingerprint density at radius 3 is 2.62 bits per heavy atom. The highest BCUT2D eigenvalue weighted by Crippen LogP contribution is 2.12. The van der Waals surface area contributed by atoms with E-state index in [2.05, 4.69) is 9.97 Å². The van der Waals surface area contributed by atoms with Crippen molar-refractivity contribution in [3.8, 4) is 0 Å². The van der Waals surface area contributed by atoms with Crippen LogP contribution in [0.25, 0.3) is 0 Å². The van der Waals surface area contributed by atoms with Gasteiger partial charge < -0.3 is 14.9 Å². The van der Waals surface area contributed by atoms with Gasteiger partial charge in [0.05, 0.1) is 18.8 Å². The van der Waals surface area contributed by atoms with E-state index < -0.39 is 5.97 Å². The maximum atomic E-state index is 12.1. The summed E-state index contributed by atoms with van der Waals surface area (Å²) in [4.78, 5) is 45.5. The zero-order valence-corrected chi connectivity index (χ0v) is 11.7. The zero-order chi connectivity index (χ0) is 15.4. The molecule has 1 aliphatic heterocycles. The van der Waals surface area contributed by atoms with E-state index in [-0.39, 0.29) is 42.7 Å². The number of nitrogens with zero attached hydrogens (tertiary/aromatic N) is 4. The molecule has 0 aromatic carbocycles. The van der Waals surface area contributed by atoms with Crippen LogP contribution in [0.2, 0.25) is 0 Å². The Labute approximate surface area is 121 Å². The van der Waals surface area contributed by atoms with Crippen LogP contribution in [0, 0.1) is 0 Å². The van der Waals surface area contributed by atoms with Crippen molar-refractivity contribution in [2.24, 2.45) is 0 Å². The first-order chi connectivity index (χ1) is 10.0. The van der Waals surface area contributed by atoms with Crippen LogP contribution in [0.1, 0.15) is 29.4 Å². The number of carboxylic acids is 1. The van der Waals surface area contributed by atoms with E-state index in [1.165, 1.54) is 22.3 Å². The molecule has 2 heterocycles. The molecule has 0 radical (unpaired) electrons. The Bertz CT molecular complexity index is 575. The molecule has 2 amide bonds. The predicted molar refractivity (Wildman–Crippen MR) is 71.3 cm³/mol. The molecule has 1 aliphatic rings. The highest BCUT2D eigenvalue weighted by molar-refractivity contribution is 5.93. The summed E-state index contributed by atoms with van der Waals surface area (Å²) < 4.78 is 0. The van der Waals surface area contributed by atoms with E-state index in [9.17, 15) is 14.4 Å². The maximum Gasteiger partial charge on any atom is 0.339 e. The van der Waals surface area contributed by atoms with Gasteiger partial charge in [0, 0.05) is 12.7 Å². The zero-order valence-electron chi connectivity index (χ0n) is 11.7. The predicted octanol–water partition coefficient (Wildman–Crippen LogP) is -0.244. The minimum absolute atomic E-state index is 0.00527. The van der Waals surface area contributed by atoms with Gasteiger partial charge in [0.15, 0.2) is 0 Å². The molecule has 112 valence electrons. The summed E-state index contributed by atoms with van der Waals surface area (Å²) in [6.45, 7) is 2.45. The third-order valence-electron chi connectivity index (χ3n) is 3.22. The van der Waals surface area contributed by atoms with Gasteiger partial charge >= 0.3 is 5.97 Å². The second-order valence-electron chi connectivity index (χ2n) is 4.75. The molecule has 0 spiro atoms. The van der Waals surface area contributed by atoms with Gasteiger partial charge in [0.25, 0.3) is 0 Å². The van der Waals surface area contributed by atoms with Crippen LogP contribution in [0.4, 0.5) is 0 Å². The van der Waals surface area contributed by atoms with Crippen molar-refractivity contribution in [1.29, 1.82) is 0 Å². The molecule has 0 aliphatic carbocycles. The van der Waals surface area contributed by atoms with Crippen LogP contribution in [0.3, 0.4) is 0 Å². The average Bonchev–Trinajstić information content (AvgIpc) is 2.45. The van der Waals surface area contributed by atoms with E-state index in [0.29, 0.717) is 6.54 Å². The van der Waals surface area contributed by atoms with Crippen LogP contribution in [-0.2, 0) is 16.1 Å². The molecule has 2 rings (SSSR count). The second kappa shape index (κ2) is 6.29. The molecule has 1 aromatic rings. The van der Waals surface area contributed by atoms with Gasteiger partial charge in [0.1, 0.15) is 18.4 Å². The Morgan fingerprint density at radius 2 is 1.95 bits per heavy atom. The van der Waals surface area contributed by atoms with E-state index in [4.69, 9.17) is 5.11 Å². The Hall–Kier alpha value is -2.51. The van der Waals surface area contributed by atoms with Gasteiger partial charge in [-0.2, -0.15) is 0 Å². The summed E-state index contributed by atoms with van der Waals surface area (Å²) >= 11 is 0. The molecule has 21 heavy (non-hydrogen) atoms. The van der Waals surface area contributed by atoms with Crippen LogP contribution in [-0.4, -0.2) is 62.3 Å². The number of hydrogen-bond acceptors (Lipinski definition) is 5. The van der Waals surface area contributed by atoms with Crippen molar-refractivity contribution in [2.45, 2.75) is 19.9 Å². The van der Waals surface area contributed by atoms with Gasteiger partial charge in [-0.3, -0.25) is 9.59 Å². The molecule has 0 saturated carbocycles. The smallest absolute Gasteiger partial charge is 0.339 e. The fraction of sp³-hybridized carbons (Fsp3) is 0.462. The minimum Gasteiger partial charge on any atom is -0.478 e. The van der Waals surface area contributed by atoms with E-state index in [0.717, 1.165) is 6.42 Å². The lowest BCUT2D eigenvalue weighted by Crippen LogP contribution is -2.53. The monoisotopic (exact) mass is 292 g/mol. The number of carbonyl (C=O) groups excluding carboxylic acids is 2.